The molecule has 0 unspecified atom stereocenters. The maximum atomic E-state index is 12.6. The van der Waals surface area contributed by atoms with E-state index in [4.69, 9.17) is 4.74 Å². The van der Waals surface area contributed by atoms with Crippen LogP contribution in [0.15, 0.2) is 24.3 Å². The molecule has 0 fully saturated rings. The highest BCUT2D eigenvalue weighted by Gasteiger charge is 2.31. The SMILES string of the molecule is CC[C@@H](C(=O)NCCSC(C)(C)C)N(c1ccc(OC)cc1)S(C)(=O)=O. The van der Waals surface area contributed by atoms with Gasteiger partial charge in [0.2, 0.25) is 15.9 Å². The molecule has 8 heteroatoms. The maximum absolute atomic E-state index is 12.6. The van der Waals surface area contributed by atoms with Crippen LogP contribution in [0.3, 0.4) is 0 Å². The van der Waals surface area contributed by atoms with E-state index < -0.39 is 16.1 Å². The van der Waals surface area contributed by atoms with Crippen molar-refractivity contribution in [2.24, 2.45) is 0 Å². The van der Waals surface area contributed by atoms with Gasteiger partial charge in [-0.1, -0.05) is 27.7 Å². The largest absolute Gasteiger partial charge is 0.497 e. The van der Waals surface area contributed by atoms with Crippen molar-refractivity contribution in [3.05, 3.63) is 24.3 Å². The number of hydrogen-bond acceptors (Lipinski definition) is 5. The number of amides is 1. The third-order valence-corrected chi connectivity index (χ3v) is 6.05. The molecule has 0 saturated carbocycles. The van der Waals surface area contributed by atoms with E-state index in [1.165, 1.54) is 4.31 Å². The van der Waals surface area contributed by atoms with Crippen LogP contribution in [0.2, 0.25) is 0 Å². The van der Waals surface area contributed by atoms with Gasteiger partial charge < -0.3 is 10.1 Å². The molecule has 0 aliphatic heterocycles. The number of methoxy groups -OCH3 is 1. The Labute approximate surface area is 161 Å². The summed E-state index contributed by atoms with van der Waals surface area (Å²) in [5, 5.41) is 2.86. The smallest absolute Gasteiger partial charge is 0.243 e. The van der Waals surface area contributed by atoms with Crippen LogP contribution in [0.25, 0.3) is 0 Å². The highest BCUT2D eigenvalue weighted by molar-refractivity contribution is 8.00. The Hall–Kier alpha value is -1.41. The van der Waals surface area contributed by atoms with Crippen molar-refractivity contribution in [1.82, 2.24) is 5.32 Å². The summed E-state index contributed by atoms with van der Waals surface area (Å²) >= 11 is 1.75. The molecule has 0 aliphatic rings. The van der Waals surface area contributed by atoms with Crippen molar-refractivity contribution in [2.75, 3.05) is 30.0 Å². The van der Waals surface area contributed by atoms with E-state index in [0.717, 1.165) is 12.0 Å². The number of nitrogens with zero attached hydrogens (tertiary/aromatic N) is 1. The molecule has 1 rings (SSSR count). The van der Waals surface area contributed by atoms with Gasteiger partial charge in [-0.05, 0) is 30.7 Å². The average Bonchev–Trinajstić information content (AvgIpc) is 2.54. The summed E-state index contributed by atoms with van der Waals surface area (Å²) in [7, 11) is -2.08. The van der Waals surface area contributed by atoms with Gasteiger partial charge in [-0.25, -0.2) is 8.42 Å². The fourth-order valence-electron chi connectivity index (χ4n) is 2.44. The van der Waals surface area contributed by atoms with Crippen LogP contribution in [0, 0.1) is 0 Å². The number of rotatable bonds is 9. The third kappa shape index (κ3) is 7.07. The van der Waals surface area contributed by atoms with Crippen LogP contribution in [-0.2, 0) is 14.8 Å². The molecule has 0 aromatic heterocycles. The van der Waals surface area contributed by atoms with Crippen LogP contribution in [0.1, 0.15) is 34.1 Å². The molecule has 0 aliphatic carbocycles. The first kappa shape index (κ1) is 22.6. The maximum Gasteiger partial charge on any atom is 0.243 e. The van der Waals surface area contributed by atoms with E-state index in [0.29, 0.717) is 24.4 Å². The fraction of sp³-hybridized carbons (Fsp3) is 0.611. The normalized spacial score (nSPS) is 13.2. The summed E-state index contributed by atoms with van der Waals surface area (Å²) in [4.78, 5) is 12.6. The molecule has 148 valence electrons. The monoisotopic (exact) mass is 402 g/mol. The molecule has 1 atom stereocenters. The second-order valence-electron chi connectivity index (χ2n) is 6.93. The minimum absolute atomic E-state index is 0.122. The number of anilines is 1. The first-order chi connectivity index (χ1) is 12.0. The minimum Gasteiger partial charge on any atom is -0.497 e. The number of nitrogens with one attached hydrogen (secondary N) is 1. The Kier molecular flexibility index (Phi) is 8.27. The summed E-state index contributed by atoms with van der Waals surface area (Å²) in [5.41, 5.74) is 0.444. The van der Waals surface area contributed by atoms with Crippen molar-refractivity contribution in [3.63, 3.8) is 0 Å². The van der Waals surface area contributed by atoms with E-state index in [9.17, 15) is 13.2 Å². The van der Waals surface area contributed by atoms with Crippen molar-refractivity contribution in [3.8, 4) is 5.75 Å². The van der Waals surface area contributed by atoms with Crippen molar-refractivity contribution < 1.29 is 17.9 Å². The van der Waals surface area contributed by atoms with Gasteiger partial charge in [0.1, 0.15) is 11.8 Å². The van der Waals surface area contributed by atoms with Gasteiger partial charge in [0.25, 0.3) is 0 Å². The molecule has 1 aromatic carbocycles. The van der Waals surface area contributed by atoms with Gasteiger partial charge >= 0.3 is 0 Å². The molecule has 1 amide bonds. The van der Waals surface area contributed by atoms with Crippen LogP contribution >= 0.6 is 11.8 Å². The number of carbonyl (C=O) groups excluding carboxylic acids is 1. The fourth-order valence-corrected chi connectivity index (χ4v) is 4.47. The minimum atomic E-state index is -3.62. The van der Waals surface area contributed by atoms with E-state index in [1.54, 1.807) is 50.1 Å². The molecule has 1 N–H and O–H groups in total. The lowest BCUT2D eigenvalue weighted by Crippen LogP contribution is -2.49. The Morgan fingerprint density at radius 1 is 1.27 bits per heavy atom. The van der Waals surface area contributed by atoms with E-state index in [-0.39, 0.29) is 10.7 Å². The molecule has 1 aromatic rings. The first-order valence-corrected chi connectivity index (χ1v) is 11.4. The Balaban J connectivity index is 2.93. The number of benzene rings is 1. The topological polar surface area (TPSA) is 75.7 Å². The van der Waals surface area contributed by atoms with Crippen molar-refractivity contribution in [1.29, 1.82) is 0 Å². The van der Waals surface area contributed by atoms with Crippen molar-refractivity contribution in [2.45, 2.75) is 44.9 Å². The molecule has 0 radical (unpaired) electrons. The van der Waals surface area contributed by atoms with Gasteiger partial charge in [-0.15, -0.1) is 0 Å². The highest BCUT2D eigenvalue weighted by Crippen LogP contribution is 2.25. The molecule has 6 nitrogen and oxygen atoms in total. The molecule has 26 heavy (non-hydrogen) atoms. The molecule has 0 heterocycles. The number of carbonyl (C=O) groups is 1. The zero-order valence-corrected chi connectivity index (χ0v) is 18.0. The number of sulfonamides is 1. The summed E-state index contributed by atoms with van der Waals surface area (Å²) in [5.74, 6) is 1.11. The molecule has 0 spiro atoms. The lowest BCUT2D eigenvalue weighted by atomic mass is 10.2. The Morgan fingerprint density at radius 2 is 1.85 bits per heavy atom. The van der Waals surface area contributed by atoms with Gasteiger partial charge in [-0.3, -0.25) is 9.10 Å². The standard InChI is InChI=1S/C18H30N2O4S2/c1-7-16(17(21)19-12-13-25-18(2,3)4)20(26(6,22)23)14-8-10-15(24-5)11-9-14/h8-11,16H,7,12-13H2,1-6H3,(H,19,21)/t16-/m0/s1. The van der Waals surface area contributed by atoms with Gasteiger partial charge in [-0.2, -0.15) is 11.8 Å². The second kappa shape index (κ2) is 9.50. The molecular weight excluding hydrogens is 372 g/mol. The van der Waals surface area contributed by atoms with Crippen molar-refractivity contribution >= 4 is 33.4 Å². The number of ether oxygens (including phenoxy) is 1. The van der Waals surface area contributed by atoms with E-state index in [2.05, 4.69) is 26.1 Å². The van der Waals surface area contributed by atoms with Crippen LogP contribution in [0.4, 0.5) is 5.69 Å². The van der Waals surface area contributed by atoms with Crippen LogP contribution in [0.5, 0.6) is 5.75 Å². The Morgan fingerprint density at radius 3 is 2.27 bits per heavy atom. The summed E-state index contributed by atoms with van der Waals surface area (Å²) in [6.45, 7) is 8.64. The predicted molar refractivity (Wildman–Crippen MR) is 110 cm³/mol. The summed E-state index contributed by atoms with van der Waals surface area (Å²) in [6, 6.07) is 5.85. The quantitative estimate of drug-likeness (QED) is 0.643. The van der Waals surface area contributed by atoms with Crippen LogP contribution in [-0.4, -0.2) is 50.8 Å². The third-order valence-electron chi connectivity index (χ3n) is 3.59. The van der Waals surface area contributed by atoms with Gasteiger partial charge in [0.05, 0.1) is 19.1 Å². The lowest BCUT2D eigenvalue weighted by molar-refractivity contribution is -0.122. The van der Waals surface area contributed by atoms with Crippen LogP contribution < -0.4 is 14.4 Å². The second-order valence-corrected chi connectivity index (χ2v) is 10.7. The first-order valence-electron chi connectivity index (χ1n) is 8.54. The zero-order chi connectivity index (χ0) is 20.0. The number of hydrogen-bond donors (Lipinski definition) is 1. The van der Waals surface area contributed by atoms with E-state index >= 15 is 0 Å². The molecule has 0 saturated heterocycles. The average molecular weight is 403 g/mol. The summed E-state index contributed by atoms with van der Waals surface area (Å²) in [6.07, 6.45) is 1.49. The molecular formula is C18H30N2O4S2. The van der Waals surface area contributed by atoms with Gasteiger partial charge in [0.15, 0.2) is 0 Å². The summed E-state index contributed by atoms with van der Waals surface area (Å²) < 4.78 is 31.1. The zero-order valence-electron chi connectivity index (χ0n) is 16.4. The highest BCUT2D eigenvalue weighted by atomic mass is 32.2. The Bertz CT molecular complexity index is 682. The van der Waals surface area contributed by atoms with E-state index in [1.807, 2.05) is 0 Å². The lowest BCUT2D eigenvalue weighted by Gasteiger charge is -2.30. The predicted octanol–water partition coefficient (Wildman–Crippen LogP) is 2.89. The van der Waals surface area contributed by atoms with Gasteiger partial charge in [0, 0.05) is 17.0 Å². The molecule has 0 bridgehead atoms. The number of thioether (sulfide) groups is 1.